The second-order valence-corrected chi connectivity index (χ2v) is 7.55. The van der Waals surface area contributed by atoms with E-state index in [1.54, 1.807) is 29.2 Å². The number of piperazine rings is 1. The summed E-state index contributed by atoms with van der Waals surface area (Å²) in [5, 5.41) is 0.720. The van der Waals surface area contributed by atoms with Crippen LogP contribution in [0.15, 0.2) is 57.7 Å². The molecule has 0 bridgehead atoms. The van der Waals surface area contributed by atoms with Crippen LogP contribution in [0.2, 0.25) is 0 Å². The number of rotatable bonds is 4. The van der Waals surface area contributed by atoms with Gasteiger partial charge in [0.15, 0.2) is 0 Å². The molecule has 0 atom stereocenters. The largest absolute Gasteiger partial charge is 0.422 e. The van der Waals surface area contributed by atoms with Gasteiger partial charge in [0.25, 0.3) is 5.91 Å². The Balaban J connectivity index is 1.50. The van der Waals surface area contributed by atoms with E-state index in [2.05, 4.69) is 4.90 Å². The maximum Gasteiger partial charge on any atom is 0.349 e. The fraction of sp³-hybridized carbons (Fsp3) is 0.261. The van der Waals surface area contributed by atoms with E-state index in [0.29, 0.717) is 37.3 Å². The first-order valence-corrected chi connectivity index (χ1v) is 9.81. The average molecular weight is 405 g/mol. The molecule has 30 heavy (non-hydrogen) atoms. The lowest BCUT2D eigenvalue weighted by Gasteiger charge is -2.36. The molecular formula is C23H23N3O4. The summed E-state index contributed by atoms with van der Waals surface area (Å²) in [7, 11) is 3.82. The number of nitrogens with zero attached hydrogens (tertiary/aromatic N) is 3. The molecule has 0 radical (unpaired) electrons. The summed E-state index contributed by atoms with van der Waals surface area (Å²) >= 11 is 0. The summed E-state index contributed by atoms with van der Waals surface area (Å²) in [6, 6.07) is 14.6. The Morgan fingerprint density at radius 3 is 2.33 bits per heavy atom. The molecule has 0 N–H and O–H groups in total. The third-order valence-corrected chi connectivity index (χ3v) is 5.43. The van der Waals surface area contributed by atoms with Crippen LogP contribution in [0.4, 0.5) is 11.4 Å². The van der Waals surface area contributed by atoms with Gasteiger partial charge in [-0.3, -0.25) is 9.59 Å². The lowest BCUT2D eigenvalue weighted by molar-refractivity contribution is 0.0742. The van der Waals surface area contributed by atoms with Gasteiger partial charge in [-0.1, -0.05) is 0 Å². The first-order valence-electron chi connectivity index (χ1n) is 9.81. The number of hydrogen-bond acceptors (Lipinski definition) is 6. The molecule has 0 spiro atoms. The van der Waals surface area contributed by atoms with Gasteiger partial charge < -0.3 is 19.1 Å². The second-order valence-electron chi connectivity index (χ2n) is 7.55. The first kappa shape index (κ1) is 19.7. The highest BCUT2D eigenvalue weighted by molar-refractivity contribution is 5.97. The highest BCUT2D eigenvalue weighted by Gasteiger charge is 2.25. The van der Waals surface area contributed by atoms with Crippen LogP contribution in [0, 0.1) is 0 Å². The zero-order chi connectivity index (χ0) is 21.3. The van der Waals surface area contributed by atoms with Crippen LogP contribution in [0.5, 0.6) is 0 Å². The topological polar surface area (TPSA) is 74.1 Å². The minimum atomic E-state index is -0.615. The minimum absolute atomic E-state index is 0.0592. The molecule has 1 aromatic heterocycles. The van der Waals surface area contributed by atoms with Gasteiger partial charge in [0.05, 0.1) is 0 Å². The van der Waals surface area contributed by atoms with Crippen molar-refractivity contribution in [1.82, 2.24) is 4.90 Å². The van der Waals surface area contributed by atoms with E-state index in [1.165, 1.54) is 0 Å². The zero-order valence-corrected chi connectivity index (χ0v) is 17.0. The molecule has 7 nitrogen and oxygen atoms in total. The molecule has 0 aliphatic carbocycles. The zero-order valence-electron chi connectivity index (χ0n) is 17.0. The van der Waals surface area contributed by atoms with Gasteiger partial charge >= 0.3 is 5.63 Å². The van der Waals surface area contributed by atoms with E-state index in [1.807, 2.05) is 43.3 Å². The van der Waals surface area contributed by atoms with E-state index in [0.717, 1.165) is 23.0 Å². The summed E-state index contributed by atoms with van der Waals surface area (Å²) in [5.41, 5.74) is 2.47. The van der Waals surface area contributed by atoms with E-state index < -0.39 is 5.63 Å². The lowest BCUT2D eigenvalue weighted by Crippen LogP contribution is -2.49. The van der Waals surface area contributed by atoms with Gasteiger partial charge in [0, 0.05) is 68.7 Å². The van der Waals surface area contributed by atoms with Crippen molar-refractivity contribution < 1.29 is 14.0 Å². The minimum Gasteiger partial charge on any atom is -0.422 e. The van der Waals surface area contributed by atoms with E-state index in [4.69, 9.17) is 4.42 Å². The predicted molar refractivity (Wildman–Crippen MR) is 117 cm³/mol. The molecule has 1 fully saturated rings. The molecule has 1 saturated heterocycles. The molecule has 0 saturated carbocycles. The standard InChI is InChI=1S/C23H23N3O4/c1-24(2)19-8-5-17-13-20(23(29)30-21(17)14-19)22(28)26-11-9-25(10-12-26)18-6-3-16(15-27)4-7-18/h3-8,13-15H,9-12H2,1-2H3. The van der Waals surface area contributed by atoms with Crippen molar-refractivity contribution in [2.75, 3.05) is 50.1 Å². The van der Waals surface area contributed by atoms with Gasteiger partial charge in [0.1, 0.15) is 17.4 Å². The predicted octanol–water partition coefficient (Wildman–Crippen LogP) is 2.63. The van der Waals surface area contributed by atoms with Crippen molar-refractivity contribution in [2.45, 2.75) is 0 Å². The summed E-state index contributed by atoms with van der Waals surface area (Å²) in [5.74, 6) is -0.307. The van der Waals surface area contributed by atoms with E-state index in [-0.39, 0.29) is 11.5 Å². The number of anilines is 2. The number of aldehydes is 1. The first-order chi connectivity index (χ1) is 14.5. The van der Waals surface area contributed by atoms with Gasteiger partial charge in [0.2, 0.25) is 0 Å². The molecular weight excluding hydrogens is 382 g/mol. The molecule has 7 heteroatoms. The van der Waals surface area contributed by atoms with Gasteiger partial charge in [-0.2, -0.15) is 0 Å². The van der Waals surface area contributed by atoms with Crippen LogP contribution in [-0.2, 0) is 0 Å². The van der Waals surface area contributed by atoms with Gasteiger partial charge in [-0.05, 0) is 42.5 Å². The molecule has 3 aromatic rings. The molecule has 154 valence electrons. The van der Waals surface area contributed by atoms with E-state index >= 15 is 0 Å². The van der Waals surface area contributed by atoms with Crippen molar-refractivity contribution in [1.29, 1.82) is 0 Å². The van der Waals surface area contributed by atoms with Crippen molar-refractivity contribution in [2.24, 2.45) is 0 Å². The normalized spacial score (nSPS) is 14.1. The number of amides is 1. The highest BCUT2D eigenvalue weighted by Crippen LogP contribution is 2.22. The maximum atomic E-state index is 13.0. The average Bonchev–Trinajstić information content (AvgIpc) is 2.78. The number of fused-ring (bicyclic) bond motifs is 1. The van der Waals surface area contributed by atoms with Crippen LogP contribution in [0.1, 0.15) is 20.7 Å². The number of benzene rings is 2. The Bertz CT molecular complexity index is 1140. The van der Waals surface area contributed by atoms with Crippen LogP contribution in [0.3, 0.4) is 0 Å². The number of carbonyl (C=O) groups is 2. The fourth-order valence-electron chi connectivity index (χ4n) is 3.63. The second kappa shape index (κ2) is 8.02. The summed E-state index contributed by atoms with van der Waals surface area (Å²) in [6.45, 7) is 2.31. The van der Waals surface area contributed by atoms with Crippen molar-refractivity contribution in [3.05, 3.63) is 70.1 Å². The van der Waals surface area contributed by atoms with Gasteiger partial charge in [-0.15, -0.1) is 0 Å². The molecule has 1 amide bonds. The number of hydrogen-bond donors (Lipinski definition) is 0. The fourth-order valence-corrected chi connectivity index (χ4v) is 3.63. The molecule has 1 aliphatic rings. The molecule has 1 aliphatic heterocycles. The third-order valence-electron chi connectivity index (χ3n) is 5.43. The molecule has 2 aromatic carbocycles. The monoisotopic (exact) mass is 405 g/mol. The maximum absolute atomic E-state index is 13.0. The van der Waals surface area contributed by atoms with Crippen molar-refractivity contribution in [3.63, 3.8) is 0 Å². The van der Waals surface area contributed by atoms with Crippen molar-refractivity contribution in [3.8, 4) is 0 Å². The Kier molecular flexibility index (Phi) is 5.27. The molecule has 4 rings (SSSR count). The highest BCUT2D eigenvalue weighted by atomic mass is 16.4. The van der Waals surface area contributed by atoms with Crippen LogP contribution in [0.25, 0.3) is 11.0 Å². The SMILES string of the molecule is CN(C)c1ccc2cc(C(=O)N3CCN(c4ccc(C=O)cc4)CC3)c(=O)oc2c1. The smallest absolute Gasteiger partial charge is 0.349 e. The molecule has 2 heterocycles. The molecule has 0 unspecified atom stereocenters. The third kappa shape index (κ3) is 3.78. The summed E-state index contributed by atoms with van der Waals surface area (Å²) in [6.07, 6.45) is 0.816. The van der Waals surface area contributed by atoms with Crippen LogP contribution >= 0.6 is 0 Å². The summed E-state index contributed by atoms with van der Waals surface area (Å²) < 4.78 is 5.44. The Morgan fingerprint density at radius 2 is 1.70 bits per heavy atom. The quantitative estimate of drug-likeness (QED) is 0.491. The van der Waals surface area contributed by atoms with Crippen LogP contribution < -0.4 is 15.4 Å². The lowest BCUT2D eigenvalue weighted by atomic mass is 10.1. The van der Waals surface area contributed by atoms with Crippen LogP contribution in [-0.4, -0.2) is 57.4 Å². The number of carbonyl (C=O) groups excluding carboxylic acids is 2. The van der Waals surface area contributed by atoms with Gasteiger partial charge in [-0.25, -0.2) is 4.79 Å². The Labute approximate surface area is 174 Å². The Morgan fingerprint density at radius 1 is 1.00 bits per heavy atom. The summed E-state index contributed by atoms with van der Waals surface area (Å²) in [4.78, 5) is 42.0. The van der Waals surface area contributed by atoms with Crippen molar-refractivity contribution >= 4 is 34.5 Å². The van der Waals surface area contributed by atoms with E-state index in [9.17, 15) is 14.4 Å². The Hall–Kier alpha value is -3.61.